The molecule has 0 saturated carbocycles. The van der Waals surface area contributed by atoms with Gasteiger partial charge < -0.3 is 15.2 Å². The van der Waals surface area contributed by atoms with Gasteiger partial charge in [0, 0.05) is 24.3 Å². The smallest absolute Gasteiger partial charge is 0.335 e. The van der Waals surface area contributed by atoms with Crippen molar-refractivity contribution in [2.24, 2.45) is 11.3 Å². The number of benzene rings is 2. The van der Waals surface area contributed by atoms with Crippen LogP contribution in [0.3, 0.4) is 0 Å². The first-order chi connectivity index (χ1) is 16.4. The van der Waals surface area contributed by atoms with Gasteiger partial charge in [0.15, 0.2) is 0 Å². The molecule has 0 spiro atoms. The van der Waals surface area contributed by atoms with Gasteiger partial charge in [-0.1, -0.05) is 51.4 Å². The normalized spacial score (nSPS) is 19.2. The van der Waals surface area contributed by atoms with Crippen molar-refractivity contribution < 1.29 is 19.4 Å². The molecule has 0 bridgehead atoms. The highest BCUT2D eigenvalue weighted by atomic mass is 35.5. The number of aromatic carboxylic acids is 1. The summed E-state index contributed by atoms with van der Waals surface area (Å²) in [6.07, 6.45) is 3.74. The highest BCUT2D eigenvalue weighted by molar-refractivity contribution is 6.31. The third-order valence-corrected chi connectivity index (χ3v) is 6.89. The van der Waals surface area contributed by atoms with Crippen molar-refractivity contribution in [1.82, 2.24) is 5.32 Å². The molecule has 2 aromatic carbocycles. The number of nitrogens with zero attached hydrogens (tertiary/aromatic N) is 1. The molecule has 1 aliphatic rings. The molecule has 2 aromatic rings. The van der Waals surface area contributed by atoms with Gasteiger partial charge >= 0.3 is 12.0 Å². The number of amides is 2. The van der Waals surface area contributed by atoms with Crippen molar-refractivity contribution >= 4 is 29.3 Å². The van der Waals surface area contributed by atoms with Gasteiger partial charge in [0.25, 0.3) is 0 Å². The van der Waals surface area contributed by atoms with Gasteiger partial charge in [-0.25, -0.2) is 9.59 Å². The molecule has 2 atom stereocenters. The van der Waals surface area contributed by atoms with Crippen molar-refractivity contribution in [2.45, 2.75) is 53.0 Å². The number of urea groups is 1. The molecule has 0 aliphatic carbocycles. The summed E-state index contributed by atoms with van der Waals surface area (Å²) in [4.78, 5) is 26.0. The van der Waals surface area contributed by atoms with E-state index in [2.05, 4.69) is 39.1 Å². The van der Waals surface area contributed by atoms with E-state index in [1.165, 1.54) is 17.0 Å². The second kappa shape index (κ2) is 10.4. The third-order valence-electron chi connectivity index (χ3n) is 6.54. The summed E-state index contributed by atoms with van der Waals surface area (Å²) in [5, 5.41) is 13.1. The minimum atomic E-state index is -1.01. The van der Waals surface area contributed by atoms with E-state index in [4.69, 9.17) is 16.3 Å². The molecule has 3 rings (SSSR count). The average Bonchev–Trinajstić information content (AvgIpc) is 2.78. The van der Waals surface area contributed by atoms with Crippen molar-refractivity contribution in [3.8, 4) is 0 Å². The highest BCUT2D eigenvalue weighted by Gasteiger charge is 2.41. The molecule has 1 aliphatic heterocycles. The Morgan fingerprint density at radius 3 is 2.40 bits per heavy atom. The van der Waals surface area contributed by atoms with E-state index in [0.717, 1.165) is 29.5 Å². The summed E-state index contributed by atoms with van der Waals surface area (Å²) in [5.74, 6) is -1.02. The second-order valence-corrected chi connectivity index (χ2v) is 11.0. The summed E-state index contributed by atoms with van der Waals surface area (Å²) in [6.45, 7) is 11.1. The number of hydrogen-bond donors (Lipinski definition) is 2. The van der Waals surface area contributed by atoms with Gasteiger partial charge in [-0.3, -0.25) is 4.90 Å². The Bertz CT molecular complexity index is 1120. The molecular formula is C28H35ClN2O4. The topological polar surface area (TPSA) is 78.9 Å². The summed E-state index contributed by atoms with van der Waals surface area (Å²) in [7, 11) is 1.65. The molecule has 0 fully saturated rings. The van der Waals surface area contributed by atoms with Gasteiger partial charge in [-0.2, -0.15) is 0 Å². The molecule has 1 unspecified atom stereocenters. The first-order valence-corrected chi connectivity index (χ1v) is 12.2. The minimum Gasteiger partial charge on any atom is -0.478 e. The Morgan fingerprint density at radius 2 is 1.86 bits per heavy atom. The zero-order valence-corrected chi connectivity index (χ0v) is 22.1. The van der Waals surface area contributed by atoms with Crippen molar-refractivity contribution in [1.29, 1.82) is 0 Å². The summed E-state index contributed by atoms with van der Waals surface area (Å²) in [6, 6.07) is 12.0. The lowest BCUT2D eigenvalue weighted by atomic mass is 9.77. The third kappa shape index (κ3) is 6.06. The fraction of sp³-hybridized carbons (Fsp3) is 0.429. The van der Waals surface area contributed by atoms with Crippen molar-refractivity contribution in [3.05, 3.63) is 76.0 Å². The van der Waals surface area contributed by atoms with Gasteiger partial charge in [0.2, 0.25) is 0 Å². The van der Waals surface area contributed by atoms with Crippen LogP contribution in [-0.4, -0.2) is 30.8 Å². The Kier molecular flexibility index (Phi) is 7.97. The summed E-state index contributed by atoms with van der Waals surface area (Å²) in [5.41, 5.74) is 3.10. The van der Waals surface area contributed by atoms with E-state index in [0.29, 0.717) is 17.3 Å². The number of carbonyl (C=O) groups is 2. The first kappa shape index (κ1) is 26.8. The molecule has 7 heteroatoms. The molecule has 2 N–H and O–H groups in total. The van der Waals surface area contributed by atoms with E-state index in [1.807, 2.05) is 25.3 Å². The van der Waals surface area contributed by atoms with Gasteiger partial charge in [0.1, 0.15) is 0 Å². The van der Waals surface area contributed by atoms with Crippen LogP contribution in [-0.2, 0) is 16.7 Å². The molecular weight excluding hydrogens is 464 g/mol. The van der Waals surface area contributed by atoms with E-state index >= 15 is 0 Å². The number of halogens is 1. The number of carboxylic acids is 1. The van der Waals surface area contributed by atoms with Crippen LogP contribution in [0.25, 0.3) is 0 Å². The van der Waals surface area contributed by atoms with Crippen LogP contribution >= 0.6 is 11.6 Å². The number of hydrogen-bond acceptors (Lipinski definition) is 3. The molecule has 188 valence electrons. The van der Waals surface area contributed by atoms with Crippen LogP contribution in [0.2, 0.25) is 5.02 Å². The number of nitrogens with one attached hydrogen (secondary N) is 1. The number of methoxy groups -OCH3 is 1. The SMILES string of the molecule is COCC(C)C1=CN(c2ccc(C(=O)O)cc2)C(=O)N[C@@]1(C)c1ccc(CCC(C)(C)C)c(Cl)c1. The number of carboxylic acid groups (broad SMARTS) is 1. The predicted octanol–water partition coefficient (Wildman–Crippen LogP) is 6.63. The predicted molar refractivity (Wildman–Crippen MR) is 140 cm³/mol. The van der Waals surface area contributed by atoms with Crippen LogP contribution < -0.4 is 10.2 Å². The number of rotatable bonds is 8. The van der Waals surface area contributed by atoms with Gasteiger partial charge in [0.05, 0.1) is 23.4 Å². The highest BCUT2D eigenvalue weighted by Crippen LogP contribution is 2.40. The Hall–Kier alpha value is -2.83. The van der Waals surface area contributed by atoms with Crippen LogP contribution in [0.4, 0.5) is 10.5 Å². The fourth-order valence-electron chi connectivity index (χ4n) is 4.40. The van der Waals surface area contributed by atoms with E-state index < -0.39 is 11.5 Å². The fourth-order valence-corrected chi connectivity index (χ4v) is 4.67. The maximum Gasteiger partial charge on any atom is 0.335 e. The first-order valence-electron chi connectivity index (χ1n) is 11.8. The van der Waals surface area contributed by atoms with E-state index in [9.17, 15) is 14.7 Å². The monoisotopic (exact) mass is 498 g/mol. The quantitative estimate of drug-likeness (QED) is 0.428. The van der Waals surface area contributed by atoms with Crippen molar-refractivity contribution in [2.75, 3.05) is 18.6 Å². The van der Waals surface area contributed by atoms with Crippen LogP contribution in [0.15, 0.2) is 54.2 Å². The number of ether oxygens (including phenoxy) is 1. The van der Waals surface area contributed by atoms with E-state index in [1.54, 1.807) is 19.2 Å². The lowest BCUT2D eigenvalue weighted by Gasteiger charge is -2.43. The zero-order chi connectivity index (χ0) is 26.0. The Morgan fingerprint density at radius 1 is 1.20 bits per heavy atom. The number of aryl methyl sites for hydroxylation is 1. The maximum atomic E-state index is 13.3. The maximum absolute atomic E-state index is 13.3. The van der Waals surface area contributed by atoms with Crippen LogP contribution in [0, 0.1) is 11.3 Å². The van der Waals surface area contributed by atoms with Gasteiger partial charge in [-0.05, 0) is 72.2 Å². The largest absolute Gasteiger partial charge is 0.478 e. The molecule has 0 saturated heterocycles. The number of anilines is 1. The zero-order valence-electron chi connectivity index (χ0n) is 21.3. The summed E-state index contributed by atoms with van der Waals surface area (Å²) >= 11 is 6.71. The second-order valence-electron chi connectivity index (χ2n) is 10.6. The molecule has 35 heavy (non-hydrogen) atoms. The average molecular weight is 499 g/mol. The lowest BCUT2D eigenvalue weighted by molar-refractivity contribution is 0.0697. The van der Waals surface area contributed by atoms with Crippen LogP contribution in [0.1, 0.15) is 62.5 Å². The van der Waals surface area contributed by atoms with Gasteiger partial charge in [-0.15, -0.1) is 0 Å². The Labute approximate surface area is 212 Å². The summed E-state index contributed by atoms with van der Waals surface area (Å²) < 4.78 is 5.44. The van der Waals surface area contributed by atoms with E-state index in [-0.39, 0.29) is 22.9 Å². The molecule has 6 nitrogen and oxygen atoms in total. The molecule has 0 aromatic heterocycles. The number of carbonyl (C=O) groups excluding carboxylic acids is 1. The van der Waals surface area contributed by atoms with Crippen LogP contribution in [0.5, 0.6) is 0 Å². The minimum absolute atomic E-state index is 0.00858. The standard InChI is InChI=1S/C28H35ClN2O4/c1-18(17-35-6)23-16-31(22-11-8-20(9-12-22)25(32)33)26(34)30-28(23,5)21-10-7-19(24(29)15-21)13-14-27(2,3)4/h7-12,15-16,18H,13-14,17H2,1-6H3,(H,30,34)(H,32,33)/t18?,28-/m0/s1. The molecule has 1 heterocycles. The molecule has 0 radical (unpaired) electrons. The lowest BCUT2D eigenvalue weighted by Crippen LogP contribution is -2.55. The van der Waals surface area contributed by atoms with Crippen molar-refractivity contribution in [3.63, 3.8) is 0 Å². The Balaban J connectivity index is 2.01. The molecule has 2 amide bonds.